The van der Waals surface area contributed by atoms with Crippen molar-refractivity contribution >= 4 is 5.91 Å². The molecule has 1 atom stereocenters. The predicted octanol–water partition coefficient (Wildman–Crippen LogP) is 2.62. The number of hydrogen-bond acceptors (Lipinski definition) is 2. The van der Waals surface area contributed by atoms with Gasteiger partial charge in [0, 0.05) is 18.4 Å². The van der Waals surface area contributed by atoms with E-state index in [1.807, 2.05) is 18.3 Å². The van der Waals surface area contributed by atoms with Crippen molar-refractivity contribution < 1.29 is 18.0 Å². The zero-order valence-corrected chi connectivity index (χ0v) is 12.3. The minimum atomic E-state index is -4.38. The van der Waals surface area contributed by atoms with Crippen LogP contribution in [-0.4, -0.2) is 29.7 Å². The van der Waals surface area contributed by atoms with Crippen LogP contribution >= 0.6 is 0 Å². The fourth-order valence-corrected chi connectivity index (χ4v) is 2.11. The number of aromatic nitrogens is 1. The normalized spacial score (nSPS) is 13.2. The fourth-order valence-electron chi connectivity index (χ4n) is 2.11. The molecule has 120 valence electrons. The van der Waals surface area contributed by atoms with Crippen LogP contribution in [0.1, 0.15) is 38.3 Å². The Morgan fingerprint density at radius 3 is 2.67 bits per heavy atom. The third kappa shape index (κ3) is 6.66. The van der Waals surface area contributed by atoms with Crippen LogP contribution < -0.4 is 10.6 Å². The summed E-state index contributed by atoms with van der Waals surface area (Å²) in [6.07, 6.45) is 1.13. The predicted molar refractivity (Wildman–Crippen MR) is 74.8 cm³/mol. The van der Waals surface area contributed by atoms with Gasteiger partial charge < -0.3 is 15.2 Å². The smallest absolute Gasteiger partial charge is 0.345 e. The van der Waals surface area contributed by atoms with Gasteiger partial charge in [0.1, 0.15) is 13.1 Å². The van der Waals surface area contributed by atoms with Gasteiger partial charge in [-0.2, -0.15) is 13.2 Å². The Balaban J connectivity index is 2.56. The summed E-state index contributed by atoms with van der Waals surface area (Å²) in [6.45, 7) is 3.54. The molecule has 0 aliphatic rings. The summed E-state index contributed by atoms with van der Waals surface area (Å²) in [5.74, 6) is -0.648. The molecule has 1 aromatic rings. The highest BCUT2D eigenvalue weighted by Crippen LogP contribution is 2.18. The molecule has 1 aromatic heterocycles. The standard InChI is InChI=1S/C14H22F3N3O/c1-3-5-12(18-4-2)11-6-7-20(8-11)9-13(21)19-10-14(15,16)17/h6-8,12,18H,3-5,9-10H2,1-2H3,(H,19,21). The summed E-state index contributed by atoms with van der Waals surface area (Å²) < 4.78 is 37.6. The van der Waals surface area contributed by atoms with Gasteiger partial charge in [-0.25, -0.2) is 0 Å². The molecule has 1 unspecified atom stereocenters. The molecule has 0 aliphatic heterocycles. The van der Waals surface area contributed by atoms with Gasteiger partial charge in [-0.1, -0.05) is 20.3 Å². The summed E-state index contributed by atoms with van der Waals surface area (Å²) in [4.78, 5) is 11.4. The van der Waals surface area contributed by atoms with Gasteiger partial charge in [-0.05, 0) is 24.6 Å². The Bertz CT molecular complexity index is 437. The highest BCUT2D eigenvalue weighted by Gasteiger charge is 2.27. The van der Waals surface area contributed by atoms with Crippen LogP contribution in [0.25, 0.3) is 0 Å². The number of hydrogen-bond donors (Lipinski definition) is 2. The third-order valence-electron chi connectivity index (χ3n) is 3.02. The van der Waals surface area contributed by atoms with E-state index in [0.29, 0.717) is 0 Å². The molecule has 7 heteroatoms. The Morgan fingerprint density at radius 2 is 2.10 bits per heavy atom. The molecule has 4 nitrogen and oxygen atoms in total. The summed E-state index contributed by atoms with van der Waals surface area (Å²) in [5, 5.41) is 5.21. The second-order valence-corrected chi connectivity index (χ2v) is 4.91. The average Bonchev–Trinajstić information content (AvgIpc) is 2.84. The lowest BCUT2D eigenvalue weighted by Gasteiger charge is -2.15. The second kappa shape index (κ2) is 8.07. The van der Waals surface area contributed by atoms with E-state index in [0.717, 1.165) is 24.9 Å². The first-order valence-corrected chi connectivity index (χ1v) is 7.08. The maximum atomic E-state index is 12.0. The quantitative estimate of drug-likeness (QED) is 0.775. The van der Waals surface area contributed by atoms with Crippen LogP contribution in [0.4, 0.5) is 13.2 Å². The van der Waals surface area contributed by atoms with E-state index in [1.54, 1.807) is 17.0 Å². The van der Waals surface area contributed by atoms with Crippen molar-refractivity contribution in [3.05, 3.63) is 24.0 Å². The summed E-state index contributed by atoms with van der Waals surface area (Å²) in [6, 6.07) is 2.10. The molecule has 0 saturated carbocycles. The second-order valence-electron chi connectivity index (χ2n) is 4.91. The van der Waals surface area contributed by atoms with Crippen LogP contribution in [-0.2, 0) is 11.3 Å². The molecule has 0 radical (unpaired) electrons. The van der Waals surface area contributed by atoms with Gasteiger partial charge in [-0.3, -0.25) is 4.79 Å². The maximum absolute atomic E-state index is 12.0. The number of amides is 1. The van der Waals surface area contributed by atoms with Crippen molar-refractivity contribution in [2.75, 3.05) is 13.1 Å². The van der Waals surface area contributed by atoms with Gasteiger partial charge in [0.15, 0.2) is 0 Å². The largest absolute Gasteiger partial charge is 0.405 e. The van der Waals surface area contributed by atoms with Crippen molar-refractivity contribution in [3.8, 4) is 0 Å². The molecule has 1 heterocycles. The van der Waals surface area contributed by atoms with E-state index in [2.05, 4.69) is 12.2 Å². The molecule has 1 amide bonds. The van der Waals surface area contributed by atoms with Crippen molar-refractivity contribution in [1.29, 1.82) is 0 Å². The van der Waals surface area contributed by atoms with Crippen molar-refractivity contribution in [3.63, 3.8) is 0 Å². The lowest BCUT2D eigenvalue weighted by Crippen LogP contribution is -2.35. The van der Waals surface area contributed by atoms with Crippen LogP contribution in [0.5, 0.6) is 0 Å². The lowest BCUT2D eigenvalue weighted by molar-refractivity contribution is -0.138. The van der Waals surface area contributed by atoms with E-state index >= 15 is 0 Å². The first-order chi connectivity index (χ1) is 9.85. The molecule has 1 rings (SSSR count). The van der Waals surface area contributed by atoms with Gasteiger partial charge in [-0.15, -0.1) is 0 Å². The number of nitrogens with zero attached hydrogens (tertiary/aromatic N) is 1. The molecule has 0 aromatic carbocycles. The zero-order valence-electron chi connectivity index (χ0n) is 12.3. The molecule has 0 spiro atoms. The number of halogens is 3. The van der Waals surface area contributed by atoms with Crippen molar-refractivity contribution in [2.24, 2.45) is 0 Å². The van der Waals surface area contributed by atoms with Crippen LogP contribution in [0, 0.1) is 0 Å². The van der Waals surface area contributed by atoms with E-state index in [9.17, 15) is 18.0 Å². The minimum absolute atomic E-state index is 0.110. The summed E-state index contributed by atoms with van der Waals surface area (Å²) >= 11 is 0. The van der Waals surface area contributed by atoms with E-state index < -0.39 is 18.6 Å². The molecule has 0 saturated heterocycles. The number of carbonyl (C=O) groups excluding carboxylic acids is 1. The first kappa shape index (κ1) is 17.6. The lowest BCUT2D eigenvalue weighted by atomic mass is 10.1. The molecular weight excluding hydrogens is 283 g/mol. The van der Waals surface area contributed by atoms with Crippen LogP contribution in [0.3, 0.4) is 0 Å². The Hall–Kier alpha value is -1.50. The average molecular weight is 305 g/mol. The molecule has 0 fully saturated rings. The molecule has 0 bridgehead atoms. The van der Waals surface area contributed by atoms with E-state index in [4.69, 9.17) is 0 Å². The maximum Gasteiger partial charge on any atom is 0.405 e. The third-order valence-corrected chi connectivity index (χ3v) is 3.02. The number of rotatable bonds is 8. The van der Waals surface area contributed by atoms with Crippen molar-refractivity contribution in [2.45, 2.75) is 45.5 Å². The van der Waals surface area contributed by atoms with E-state index in [-0.39, 0.29) is 12.6 Å². The van der Waals surface area contributed by atoms with Gasteiger partial charge in [0.2, 0.25) is 5.91 Å². The minimum Gasteiger partial charge on any atom is -0.345 e. The fraction of sp³-hybridized carbons (Fsp3) is 0.643. The molecule has 2 N–H and O–H groups in total. The highest BCUT2D eigenvalue weighted by molar-refractivity contribution is 5.75. The SMILES string of the molecule is CCCC(NCC)c1ccn(CC(=O)NCC(F)(F)F)c1. The van der Waals surface area contributed by atoms with Gasteiger partial charge in [0.25, 0.3) is 0 Å². The van der Waals surface area contributed by atoms with E-state index in [1.165, 1.54) is 0 Å². The summed E-state index contributed by atoms with van der Waals surface area (Å²) in [7, 11) is 0. The number of nitrogens with one attached hydrogen (secondary N) is 2. The monoisotopic (exact) mass is 305 g/mol. The van der Waals surface area contributed by atoms with Gasteiger partial charge in [0.05, 0.1) is 0 Å². The van der Waals surface area contributed by atoms with Crippen molar-refractivity contribution in [1.82, 2.24) is 15.2 Å². The Labute approximate surface area is 122 Å². The number of carbonyl (C=O) groups is 1. The first-order valence-electron chi connectivity index (χ1n) is 7.08. The number of alkyl halides is 3. The molecular formula is C14H22F3N3O. The topological polar surface area (TPSA) is 46.1 Å². The zero-order chi connectivity index (χ0) is 15.9. The van der Waals surface area contributed by atoms with Crippen LogP contribution in [0.15, 0.2) is 18.5 Å². The Morgan fingerprint density at radius 1 is 1.38 bits per heavy atom. The molecule has 0 aliphatic carbocycles. The molecule has 21 heavy (non-hydrogen) atoms. The van der Waals surface area contributed by atoms with Crippen LogP contribution in [0.2, 0.25) is 0 Å². The highest BCUT2D eigenvalue weighted by atomic mass is 19.4. The summed E-state index contributed by atoms with van der Waals surface area (Å²) in [5.41, 5.74) is 1.04. The Kier molecular flexibility index (Phi) is 6.74. The van der Waals surface area contributed by atoms with Gasteiger partial charge >= 0.3 is 6.18 Å².